The molecule has 1 aromatic carbocycles. The van der Waals surface area contributed by atoms with Gasteiger partial charge in [0, 0.05) is 19.1 Å². The molecule has 6 heteroatoms. The van der Waals surface area contributed by atoms with Crippen LogP contribution in [-0.4, -0.2) is 44.2 Å². The highest BCUT2D eigenvalue weighted by atomic mass is 15.5. The average molecular weight is 258 g/mol. The first-order chi connectivity index (χ1) is 9.31. The summed E-state index contributed by atoms with van der Waals surface area (Å²) < 4.78 is 1.86. The van der Waals surface area contributed by atoms with Gasteiger partial charge in [-0.05, 0) is 22.4 Å². The Balaban J connectivity index is 1.68. The van der Waals surface area contributed by atoms with Gasteiger partial charge in [0.1, 0.15) is 0 Å². The first-order valence-electron chi connectivity index (χ1n) is 6.58. The van der Waals surface area contributed by atoms with Crippen LogP contribution >= 0.6 is 0 Å². The van der Waals surface area contributed by atoms with Crippen molar-refractivity contribution in [1.82, 2.24) is 25.1 Å². The molecule has 1 atom stereocenters. The van der Waals surface area contributed by atoms with Gasteiger partial charge in [0.2, 0.25) is 0 Å². The maximum Gasteiger partial charge on any atom is 0.165 e. The summed E-state index contributed by atoms with van der Waals surface area (Å²) in [5.41, 5.74) is 7.12. The fourth-order valence-corrected chi connectivity index (χ4v) is 2.42. The van der Waals surface area contributed by atoms with Crippen molar-refractivity contribution < 1.29 is 0 Å². The minimum Gasteiger partial charge on any atom is -0.326 e. The minimum atomic E-state index is 0.290. The van der Waals surface area contributed by atoms with E-state index >= 15 is 0 Å². The van der Waals surface area contributed by atoms with Crippen LogP contribution in [0.4, 0.5) is 0 Å². The molecule has 0 spiro atoms. The number of tetrazole rings is 1. The SMILES string of the molecule is N[C@H]1CCN(Cc2nnnn2Cc2ccccc2)C1. The van der Waals surface area contributed by atoms with E-state index in [0.717, 1.165) is 31.9 Å². The third kappa shape index (κ3) is 2.97. The molecular formula is C13H18N6. The van der Waals surface area contributed by atoms with Gasteiger partial charge >= 0.3 is 0 Å². The zero-order valence-corrected chi connectivity index (χ0v) is 10.8. The highest BCUT2D eigenvalue weighted by Gasteiger charge is 2.21. The van der Waals surface area contributed by atoms with Crippen LogP contribution in [-0.2, 0) is 13.1 Å². The summed E-state index contributed by atoms with van der Waals surface area (Å²) in [5.74, 6) is 0.901. The lowest BCUT2D eigenvalue weighted by atomic mass is 10.2. The molecule has 2 heterocycles. The Morgan fingerprint density at radius 1 is 1.21 bits per heavy atom. The number of nitrogens with zero attached hydrogens (tertiary/aromatic N) is 5. The van der Waals surface area contributed by atoms with E-state index < -0.39 is 0 Å². The standard InChI is InChI=1S/C13H18N6/c14-12-6-7-18(9-12)10-13-15-16-17-19(13)8-11-4-2-1-3-5-11/h1-5,12H,6-10,14H2/t12-/m0/s1. The van der Waals surface area contributed by atoms with Gasteiger partial charge in [0.25, 0.3) is 0 Å². The zero-order valence-electron chi connectivity index (χ0n) is 10.8. The molecule has 19 heavy (non-hydrogen) atoms. The van der Waals surface area contributed by atoms with Gasteiger partial charge in [-0.3, -0.25) is 4.90 Å². The third-order valence-electron chi connectivity index (χ3n) is 3.46. The van der Waals surface area contributed by atoms with Crippen LogP contribution in [0.1, 0.15) is 17.8 Å². The van der Waals surface area contributed by atoms with Crippen molar-refractivity contribution in [3.8, 4) is 0 Å². The Labute approximate surface area is 112 Å². The third-order valence-corrected chi connectivity index (χ3v) is 3.46. The number of benzene rings is 1. The largest absolute Gasteiger partial charge is 0.326 e. The van der Waals surface area contributed by atoms with Gasteiger partial charge in [0.05, 0.1) is 13.1 Å². The zero-order chi connectivity index (χ0) is 13.1. The van der Waals surface area contributed by atoms with Crippen LogP contribution < -0.4 is 5.73 Å². The molecule has 2 aromatic rings. The predicted molar refractivity (Wildman–Crippen MR) is 71.2 cm³/mol. The van der Waals surface area contributed by atoms with Crippen LogP contribution in [0.15, 0.2) is 30.3 Å². The molecule has 0 aliphatic carbocycles. The van der Waals surface area contributed by atoms with Gasteiger partial charge < -0.3 is 5.73 Å². The van der Waals surface area contributed by atoms with Crippen molar-refractivity contribution in [3.63, 3.8) is 0 Å². The fourth-order valence-electron chi connectivity index (χ4n) is 2.42. The molecule has 3 rings (SSSR count). The van der Waals surface area contributed by atoms with E-state index in [1.54, 1.807) is 0 Å². The van der Waals surface area contributed by atoms with E-state index in [1.807, 2.05) is 22.9 Å². The van der Waals surface area contributed by atoms with Crippen molar-refractivity contribution in [3.05, 3.63) is 41.7 Å². The molecule has 1 aliphatic rings. The minimum absolute atomic E-state index is 0.290. The van der Waals surface area contributed by atoms with Crippen LogP contribution in [0.2, 0.25) is 0 Å². The normalized spacial score (nSPS) is 19.9. The summed E-state index contributed by atoms with van der Waals surface area (Å²) in [6, 6.07) is 10.5. The van der Waals surface area contributed by atoms with E-state index in [0.29, 0.717) is 12.6 Å². The topological polar surface area (TPSA) is 72.9 Å². The number of hydrogen-bond donors (Lipinski definition) is 1. The first-order valence-corrected chi connectivity index (χ1v) is 6.58. The molecule has 0 bridgehead atoms. The quantitative estimate of drug-likeness (QED) is 0.851. The van der Waals surface area contributed by atoms with Crippen molar-refractivity contribution in [1.29, 1.82) is 0 Å². The van der Waals surface area contributed by atoms with Gasteiger partial charge in [0.15, 0.2) is 5.82 Å². The molecular weight excluding hydrogens is 240 g/mol. The Bertz CT molecular complexity index is 523. The van der Waals surface area contributed by atoms with E-state index in [4.69, 9.17) is 5.73 Å². The van der Waals surface area contributed by atoms with Gasteiger partial charge in [-0.2, -0.15) is 0 Å². The smallest absolute Gasteiger partial charge is 0.165 e. The van der Waals surface area contributed by atoms with Gasteiger partial charge in [-0.25, -0.2) is 4.68 Å². The number of rotatable bonds is 4. The highest BCUT2D eigenvalue weighted by molar-refractivity contribution is 5.14. The second-order valence-electron chi connectivity index (χ2n) is 5.02. The van der Waals surface area contributed by atoms with E-state index in [9.17, 15) is 0 Å². The van der Waals surface area contributed by atoms with Gasteiger partial charge in [-0.15, -0.1) is 5.10 Å². The molecule has 1 aliphatic heterocycles. The Kier molecular flexibility index (Phi) is 3.52. The van der Waals surface area contributed by atoms with Gasteiger partial charge in [-0.1, -0.05) is 30.3 Å². The highest BCUT2D eigenvalue weighted by Crippen LogP contribution is 2.11. The second-order valence-corrected chi connectivity index (χ2v) is 5.02. The Morgan fingerprint density at radius 2 is 2.05 bits per heavy atom. The number of hydrogen-bond acceptors (Lipinski definition) is 5. The Morgan fingerprint density at radius 3 is 2.79 bits per heavy atom. The summed E-state index contributed by atoms with van der Waals surface area (Å²) >= 11 is 0. The van der Waals surface area contributed by atoms with Crippen molar-refractivity contribution in [2.75, 3.05) is 13.1 Å². The summed E-state index contributed by atoms with van der Waals surface area (Å²) in [4.78, 5) is 2.30. The van der Waals surface area contributed by atoms with Crippen LogP contribution in [0.3, 0.4) is 0 Å². The van der Waals surface area contributed by atoms with Crippen molar-refractivity contribution in [2.45, 2.75) is 25.6 Å². The van der Waals surface area contributed by atoms with E-state index in [-0.39, 0.29) is 0 Å². The molecule has 1 aromatic heterocycles. The molecule has 0 radical (unpaired) electrons. The molecule has 0 saturated carbocycles. The molecule has 1 saturated heterocycles. The first kappa shape index (κ1) is 12.3. The second kappa shape index (κ2) is 5.46. The Hall–Kier alpha value is -1.79. The van der Waals surface area contributed by atoms with E-state index in [2.05, 4.69) is 32.6 Å². The van der Waals surface area contributed by atoms with Crippen LogP contribution in [0, 0.1) is 0 Å². The monoisotopic (exact) mass is 258 g/mol. The molecule has 0 unspecified atom stereocenters. The summed E-state index contributed by atoms with van der Waals surface area (Å²) in [6.45, 7) is 3.44. The molecule has 6 nitrogen and oxygen atoms in total. The maximum absolute atomic E-state index is 5.92. The summed E-state index contributed by atoms with van der Waals surface area (Å²) in [6.07, 6.45) is 1.06. The number of aromatic nitrogens is 4. The van der Waals surface area contributed by atoms with Crippen LogP contribution in [0.5, 0.6) is 0 Å². The predicted octanol–water partition coefficient (Wildman–Crippen LogP) is 0.254. The van der Waals surface area contributed by atoms with Crippen molar-refractivity contribution in [2.24, 2.45) is 5.73 Å². The van der Waals surface area contributed by atoms with Crippen LogP contribution in [0.25, 0.3) is 0 Å². The number of likely N-dealkylation sites (tertiary alicyclic amines) is 1. The average Bonchev–Trinajstić information content (AvgIpc) is 3.01. The lowest BCUT2D eigenvalue weighted by Crippen LogP contribution is -2.27. The molecule has 0 amide bonds. The molecule has 100 valence electrons. The number of nitrogens with two attached hydrogens (primary N) is 1. The summed E-state index contributed by atoms with van der Waals surface area (Å²) in [5, 5.41) is 12.0. The lowest BCUT2D eigenvalue weighted by Gasteiger charge is -2.14. The van der Waals surface area contributed by atoms with E-state index in [1.165, 1.54) is 5.56 Å². The molecule has 1 fully saturated rings. The lowest BCUT2D eigenvalue weighted by molar-refractivity contribution is 0.311. The summed E-state index contributed by atoms with van der Waals surface area (Å²) in [7, 11) is 0. The molecule has 2 N–H and O–H groups in total. The van der Waals surface area contributed by atoms with Crippen molar-refractivity contribution >= 4 is 0 Å². The maximum atomic E-state index is 5.92. The fraction of sp³-hybridized carbons (Fsp3) is 0.462.